The number of nitrogens with zero attached hydrogens (tertiary/aromatic N) is 1. The van der Waals surface area contributed by atoms with Crippen molar-refractivity contribution in [2.24, 2.45) is 0 Å². The normalized spacial score (nSPS) is 12.7. The lowest BCUT2D eigenvalue weighted by molar-refractivity contribution is 0.630. The molecule has 0 aliphatic carbocycles. The fraction of sp³-hybridized carbons (Fsp3) is 0.250. The minimum Gasteiger partial charge on any atom is -0.335 e. The highest BCUT2D eigenvalue weighted by Gasteiger charge is 2.09. The van der Waals surface area contributed by atoms with Crippen molar-refractivity contribution in [3.8, 4) is 0 Å². The molecule has 16 heavy (non-hydrogen) atoms. The largest absolute Gasteiger partial charge is 0.335 e. The van der Waals surface area contributed by atoms with Gasteiger partial charge in [-0.15, -0.1) is 0 Å². The Morgan fingerprint density at radius 2 is 2.19 bits per heavy atom. The van der Waals surface area contributed by atoms with Crippen LogP contribution < -0.4 is 0 Å². The zero-order valence-corrected chi connectivity index (χ0v) is 10.8. The molecule has 1 atom stereocenters. The number of hydrogen-bond donors (Lipinski definition) is 1. The number of nitrogens with one attached hydrogen (secondary N) is 1. The van der Waals surface area contributed by atoms with E-state index in [-0.39, 0.29) is 6.04 Å². The van der Waals surface area contributed by atoms with Gasteiger partial charge in [0.05, 0.1) is 6.04 Å². The number of aromatic amines is 1. The van der Waals surface area contributed by atoms with Gasteiger partial charge in [-0.25, -0.2) is 0 Å². The molecule has 0 saturated heterocycles. The topological polar surface area (TPSA) is 20.7 Å². The van der Waals surface area contributed by atoms with Crippen LogP contribution in [0.5, 0.6) is 0 Å². The van der Waals surface area contributed by atoms with E-state index < -0.39 is 0 Å². The Labute approximate surface area is 105 Å². The number of halogens is 1. The van der Waals surface area contributed by atoms with Gasteiger partial charge in [0, 0.05) is 16.9 Å². The molecule has 1 N–H and O–H groups in total. The van der Waals surface area contributed by atoms with Crippen molar-refractivity contribution in [3.05, 3.63) is 51.5 Å². The first kappa shape index (κ1) is 11.4. The summed E-state index contributed by atoms with van der Waals surface area (Å²) in [6, 6.07) is 8.05. The molecule has 4 heteroatoms. The van der Waals surface area contributed by atoms with Gasteiger partial charge in [-0.3, -0.25) is 0 Å². The van der Waals surface area contributed by atoms with Gasteiger partial charge < -0.3 is 9.55 Å². The van der Waals surface area contributed by atoms with E-state index in [9.17, 15) is 0 Å². The molecule has 1 heterocycles. The van der Waals surface area contributed by atoms with Gasteiger partial charge in [0.2, 0.25) is 0 Å². The summed E-state index contributed by atoms with van der Waals surface area (Å²) in [7, 11) is 0. The first-order chi connectivity index (χ1) is 7.58. The molecule has 0 bridgehead atoms. The molecule has 0 fully saturated rings. The molecule has 1 aromatic heterocycles. The Bertz CT molecular complexity index is 556. The van der Waals surface area contributed by atoms with E-state index in [0.29, 0.717) is 0 Å². The molecule has 84 valence electrons. The molecule has 0 saturated carbocycles. The molecular formula is C12H13ClN2S. The van der Waals surface area contributed by atoms with Crippen LogP contribution >= 0.6 is 23.8 Å². The minimum atomic E-state index is 0.191. The molecule has 1 unspecified atom stereocenters. The van der Waals surface area contributed by atoms with E-state index in [4.69, 9.17) is 23.8 Å². The summed E-state index contributed by atoms with van der Waals surface area (Å²) in [6.07, 6.45) is 2.02. The summed E-state index contributed by atoms with van der Waals surface area (Å²) >= 11 is 11.2. The molecular weight excluding hydrogens is 240 g/mol. The summed E-state index contributed by atoms with van der Waals surface area (Å²) in [5, 5.41) is 0.753. The SMILES string of the molecule is Cc1cn(C(C)c2cccc(Cl)c2)c(=S)[nH]1. The lowest BCUT2D eigenvalue weighted by Gasteiger charge is -2.13. The molecule has 1 aromatic carbocycles. The van der Waals surface area contributed by atoms with Crippen molar-refractivity contribution in [2.75, 3.05) is 0 Å². The van der Waals surface area contributed by atoms with Crippen LogP contribution in [0.25, 0.3) is 0 Å². The average Bonchev–Trinajstić information content (AvgIpc) is 2.57. The predicted octanol–water partition coefficient (Wildman–Crippen LogP) is 4.12. The maximum absolute atomic E-state index is 5.98. The number of hydrogen-bond acceptors (Lipinski definition) is 1. The quantitative estimate of drug-likeness (QED) is 0.798. The van der Waals surface area contributed by atoms with Crippen LogP contribution in [0.2, 0.25) is 5.02 Å². The number of benzene rings is 1. The van der Waals surface area contributed by atoms with E-state index >= 15 is 0 Å². The van der Waals surface area contributed by atoms with Crippen molar-refractivity contribution < 1.29 is 0 Å². The van der Waals surface area contributed by atoms with E-state index in [1.165, 1.54) is 0 Å². The van der Waals surface area contributed by atoms with E-state index in [2.05, 4.69) is 18.0 Å². The molecule has 0 radical (unpaired) electrons. The van der Waals surface area contributed by atoms with E-state index in [0.717, 1.165) is 21.1 Å². The summed E-state index contributed by atoms with van der Waals surface area (Å²) in [5.41, 5.74) is 2.22. The van der Waals surface area contributed by atoms with Crippen LogP contribution in [0, 0.1) is 11.7 Å². The second-order valence-corrected chi connectivity index (χ2v) is 4.70. The molecule has 2 aromatic rings. The zero-order valence-electron chi connectivity index (χ0n) is 9.20. The van der Waals surface area contributed by atoms with Gasteiger partial charge in [-0.05, 0) is 43.8 Å². The van der Waals surface area contributed by atoms with Crippen LogP contribution in [0.1, 0.15) is 24.2 Å². The molecule has 0 amide bonds. The molecule has 2 nitrogen and oxygen atoms in total. The molecule has 0 spiro atoms. The Hall–Kier alpha value is -1.06. The summed E-state index contributed by atoms with van der Waals surface area (Å²) in [6.45, 7) is 4.10. The number of imidazole rings is 1. The van der Waals surface area contributed by atoms with Gasteiger partial charge in [-0.2, -0.15) is 0 Å². The fourth-order valence-corrected chi connectivity index (χ4v) is 2.32. The van der Waals surface area contributed by atoms with Crippen molar-refractivity contribution in [1.29, 1.82) is 0 Å². The fourth-order valence-electron chi connectivity index (χ4n) is 1.75. The van der Waals surface area contributed by atoms with Crippen molar-refractivity contribution in [3.63, 3.8) is 0 Å². The highest BCUT2D eigenvalue weighted by Crippen LogP contribution is 2.21. The smallest absolute Gasteiger partial charge is 0.177 e. The number of rotatable bonds is 2. The number of H-pyrrole nitrogens is 1. The van der Waals surface area contributed by atoms with Gasteiger partial charge in [-0.1, -0.05) is 23.7 Å². The van der Waals surface area contributed by atoms with Crippen molar-refractivity contribution in [2.45, 2.75) is 19.9 Å². The lowest BCUT2D eigenvalue weighted by Crippen LogP contribution is -2.05. The Balaban J connectivity index is 2.42. The van der Waals surface area contributed by atoms with Crippen LogP contribution in [0.15, 0.2) is 30.5 Å². The maximum atomic E-state index is 5.98. The second kappa shape index (κ2) is 4.44. The van der Waals surface area contributed by atoms with Crippen LogP contribution in [0.3, 0.4) is 0 Å². The first-order valence-corrected chi connectivity index (χ1v) is 5.90. The van der Waals surface area contributed by atoms with Gasteiger partial charge in [0.1, 0.15) is 0 Å². The Morgan fingerprint density at radius 3 is 2.75 bits per heavy atom. The van der Waals surface area contributed by atoms with E-state index in [1.54, 1.807) is 0 Å². The highest BCUT2D eigenvalue weighted by molar-refractivity contribution is 7.71. The zero-order chi connectivity index (χ0) is 11.7. The first-order valence-electron chi connectivity index (χ1n) is 5.11. The minimum absolute atomic E-state index is 0.191. The van der Waals surface area contributed by atoms with Crippen LogP contribution in [-0.4, -0.2) is 9.55 Å². The molecule has 2 rings (SSSR count). The monoisotopic (exact) mass is 252 g/mol. The second-order valence-electron chi connectivity index (χ2n) is 3.88. The Morgan fingerprint density at radius 1 is 1.44 bits per heavy atom. The summed E-state index contributed by atoms with van der Waals surface area (Å²) in [4.78, 5) is 3.12. The third-order valence-electron chi connectivity index (χ3n) is 2.62. The third kappa shape index (κ3) is 2.20. The van der Waals surface area contributed by atoms with Crippen LogP contribution in [0.4, 0.5) is 0 Å². The summed E-state index contributed by atoms with van der Waals surface area (Å²) < 4.78 is 2.78. The number of aryl methyl sites for hydroxylation is 1. The lowest BCUT2D eigenvalue weighted by atomic mass is 10.1. The standard InChI is InChI=1S/C12H13ClN2S/c1-8-7-15(12(16)14-8)9(2)10-4-3-5-11(13)6-10/h3-7,9H,1-2H3,(H,14,16). The van der Waals surface area contributed by atoms with Crippen LogP contribution in [-0.2, 0) is 0 Å². The van der Waals surface area contributed by atoms with Gasteiger partial charge >= 0.3 is 0 Å². The van der Waals surface area contributed by atoms with Crippen molar-refractivity contribution in [1.82, 2.24) is 9.55 Å². The molecule has 0 aliphatic rings. The van der Waals surface area contributed by atoms with Crippen molar-refractivity contribution >= 4 is 23.8 Å². The third-order valence-corrected chi connectivity index (χ3v) is 3.17. The van der Waals surface area contributed by atoms with E-state index in [1.807, 2.05) is 35.9 Å². The molecule has 0 aliphatic heterocycles. The maximum Gasteiger partial charge on any atom is 0.177 e. The predicted molar refractivity (Wildman–Crippen MR) is 69.6 cm³/mol. The Kier molecular flexibility index (Phi) is 3.17. The van der Waals surface area contributed by atoms with Gasteiger partial charge in [0.15, 0.2) is 4.77 Å². The highest BCUT2D eigenvalue weighted by atomic mass is 35.5. The average molecular weight is 253 g/mol. The van der Waals surface area contributed by atoms with Gasteiger partial charge in [0.25, 0.3) is 0 Å². The summed E-state index contributed by atoms with van der Waals surface area (Å²) in [5.74, 6) is 0. The number of aromatic nitrogens is 2.